The third-order valence-corrected chi connectivity index (χ3v) is 16.8. The highest BCUT2D eigenvalue weighted by atomic mass is 16.5. The fourth-order valence-electron chi connectivity index (χ4n) is 12.4. The number of rotatable bonds is 5. The molecule has 3 aromatic heterocycles. The smallest absolute Gasteiger partial charge is 0.269 e. The van der Waals surface area contributed by atoms with E-state index >= 15 is 0 Å². The lowest BCUT2D eigenvalue weighted by Gasteiger charge is -2.42. The zero-order valence-electron chi connectivity index (χ0n) is 51.8. The van der Waals surface area contributed by atoms with Crippen molar-refractivity contribution in [1.29, 1.82) is 0 Å². The van der Waals surface area contributed by atoms with Gasteiger partial charge in [-0.1, -0.05) is 172 Å². The van der Waals surface area contributed by atoms with Crippen molar-refractivity contribution < 1.29 is 17.5 Å². The van der Waals surface area contributed by atoms with Gasteiger partial charge in [-0.15, -0.1) is 0 Å². The molecule has 4 heterocycles. The van der Waals surface area contributed by atoms with E-state index in [1.54, 1.807) is 18.2 Å². The summed E-state index contributed by atoms with van der Waals surface area (Å²) < 4.78 is 67.8. The van der Waals surface area contributed by atoms with Crippen LogP contribution < -0.4 is 9.30 Å². The minimum atomic E-state index is -2.67. The van der Waals surface area contributed by atoms with Crippen LogP contribution >= 0.6 is 0 Å². The number of hydrogen-bond acceptors (Lipinski definition) is 2. The Labute approximate surface area is 462 Å². The molecule has 0 fully saturated rings. The molecule has 0 N–H and O–H groups in total. The zero-order chi connectivity index (χ0) is 58.5. The van der Waals surface area contributed by atoms with E-state index in [9.17, 15) is 0 Å². The first-order valence-electron chi connectivity index (χ1n) is 30.1. The van der Waals surface area contributed by atoms with Crippen LogP contribution in [-0.2, 0) is 21.7 Å². The first-order valence-corrected chi connectivity index (χ1v) is 27.1. The van der Waals surface area contributed by atoms with Gasteiger partial charge in [0.15, 0.2) is 0 Å². The SMILES string of the molecule is [2H]C([2H])([2H])c1cccc(C([2H])([2H])[2H])c1-c1cc(C(C)(C)C)cc2c1-[n+]1[c-]n(-c3cccc(Oc4ccc5c6ccccc6n(-c6cc(C(C)(C)C)ccn6)c5c4)c3)c3cccc(c31)-c1ccccc1-c1cc3c(cc1-2)C(C)(C)CCC3(C)C. The topological polar surface area (TPSA) is 35.9 Å². The Hall–Kier alpha value is -8.02. The van der Waals surface area contributed by atoms with Gasteiger partial charge in [0.05, 0.1) is 33.4 Å². The highest BCUT2D eigenvalue weighted by Crippen LogP contribution is 2.53. The number of aromatic nitrogens is 4. The molecule has 8 aromatic carbocycles. The molecule has 0 spiro atoms. The highest BCUT2D eigenvalue weighted by Gasteiger charge is 2.39. The lowest BCUT2D eigenvalue weighted by atomic mass is 9.62. The van der Waals surface area contributed by atoms with Crippen LogP contribution in [0.4, 0.5) is 0 Å². The third-order valence-electron chi connectivity index (χ3n) is 16.8. The lowest BCUT2D eigenvalue weighted by Crippen LogP contribution is -2.34. The second-order valence-electron chi connectivity index (χ2n) is 24.9. The fraction of sp³-hybridized carbons (Fsp3) is 0.250. The molecule has 77 heavy (non-hydrogen) atoms. The summed E-state index contributed by atoms with van der Waals surface area (Å²) in [7, 11) is 0. The molecule has 382 valence electrons. The van der Waals surface area contributed by atoms with Crippen molar-refractivity contribution in [3.05, 3.63) is 210 Å². The van der Waals surface area contributed by atoms with Gasteiger partial charge in [-0.3, -0.25) is 13.7 Å². The molecule has 0 saturated carbocycles. The van der Waals surface area contributed by atoms with E-state index in [1.807, 2.05) is 42.6 Å². The molecule has 0 amide bonds. The van der Waals surface area contributed by atoms with Crippen molar-refractivity contribution in [2.45, 2.75) is 117 Å². The summed E-state index contributed by atoms with van der Waals surface area (Å²) in [5.41, 5.74) is 15.5. The van der Waals surface area contributed by atoms with Crippen molar-refractivity contribution in [3.8, 4) is 73.2 Å². The van der Waals surface area contributed by atoms with Gasteiger partial charge in [0.25, 0.3) is 6.33 Å². The van der Waals surface area contributed by atoms with E-state index in [0.29, 0.717) is 22.7 Å². The Morgan fingerprint density at radius 3 is 1.84 bits per heavy atom. The van der Waals surface area contributed by atoms with Gasteiger partial charge in [-0.05, 0) is 181 Å². The maximum atomic E-state index is 9.09. The Morgan fingerprint density at radius 2 is 1.13 bits per heavy atom. The minimum absolute atomic E-state index is 0.0289. The van der Waals surface area contributed by atoms with E-state index in [0.717, 1.165) is 96.1 Å². The van der Waals surface area contributed by atoms with E-state index in [-0.39, 0.29) is 32.9 Å². The zero-order valence-corrected chi connectivity index (χ0v) is 45.8. The second-order valence-corrected chi connectivity index (χ2v) is 24.9. The number of pyridine rings is 1. The largest absolute Gasteiger partial charge is 0.458 e. The summed E-state index contributed by atoms with van der Waals surface area (Å²) in [4.78, 5) is 4.91. The van der Waals surface area contributed by atoms with Crippen LogP contribution in [-0.4, -0.2) is 14.1 Å². The molecule has 13 rings (SSSR count). The summed E-state index contributed by atoms with van der Waals surface area (Å²) in [6.45, 7) is 17.1. The van der Waals surface area contributed by atoms with Gasteiger partial charge < -0.3 is 4.74 Å². The maximum absolute atomic E-state index is 9.09. The highest BCUT2D eigenvalue weighted by molar-refractivity contribution is 6.09. The van der Waals surface area contributed by atoms with Crippen LogP contribution in [0.2, 0.25) is 0 Å². The molecular weight excluding hydrogens is 937 g/mol. The molecule has 1 aliphatic carbocycles. The number of fused-ring (bicyclic) bond motifs is 11. The quantitative estimate of drug-likeness (QED) is 0.127. The number of aryl methyl sites for hydroxylation is 2. The average Bonchev–Trinajstić information content (AvgIpc) is 4.19. The van der Waals surface area contributed by atoms with Gasteiger partial charge in [-0.2, -0.15) is 0 Å². The number of ether oxygens (including phenoxy) is 1. The molecule has 0 unspecified atom stereocenters. The normalized spacial score (nSPS) is 16.1. The first kappa shape index (κ1) is 42.1. The van der Waals surface area contributed by atoms with Crippen molar-refractivity contribution in [3.63, 3.8) is 0 Å². The molecular formula is C72H68N4O. The van der Waals surface area contributed by atoms with Gasteiger partial charge in [0, 0.05) is 31.3 Å². The van der Waals surface area contributed by atoms with E-state index < -0.39 is 19.1 Å². The molecule has 5 nitrogen and oxygen atoms in total. The van der Waals surface area contributed by atoms with Crippen LogP contribution in [0.1, 0.15) is 124 Å². The fourth-order valence-corrected chi connectivity index (χ4v) is 12.4. The average molecular weight is 1010 g/mol. The van der Waals surface area contributed by atoms with E-state index in [4.69, 9.17) is 17.9 Å². The van der Waals surface area contributed by atoms with Gasteiger partial charge in [0.2, 0.25) is 0 Å². The van der Waals surface area contributed by atoms with Gasteiger partial charge in [0.1, 0.15) is 17.3 Å². The summed E-state index contributed by atoms with van der Waals surface area (Å²) in [5.74, 6) is 2.09. The molecule has 0 bridgehead atoms. The Kier molecular flexibility index (Phi) is 9.44. The van der Waals surface area contributed by atoms with Crippen molar-refractivity contribution >= 4 is 32.8 Å². The Morgan fingerprint density at radius 1 is 0.532 bits per heavy atom. The molecule has 1 aliphatic heterocycles. The van der Waals surface area contributed by atoms with Crippen molar-refractivity contribution in [2.75, 3.05) is 0 Å². The van der Waals surface area contributed by atoms with Crippen LogP contribution in [0.5, 0.6) is 11.5 Å². The third kappa shape index (κ3) is 7.86. The monoisotopic (exact) mass is 1010 g/mol. The van der Waals surface area contributed by atoms with Crippen LogP contribution in [0.25, 0.3) is 94.5 Å². The standard InChI is InChI=1S/C72H68N4O/c1-44-20-17-21-45(2)66(44)59-37-47(70(6,7)8)36-58-57-42-61-60(71(9,10)33-34-72(61,11)12)41-56(57)52-25-14-13-24-51(52)55-27-19-29-63-68(55)75(67(58)59)43-74(63)48-22-18-23-49(39-48)77-50-30-31-54-53-26-15-16-28-62(53)76(64(54)40-50)65-38-46(32-35-73-65)69(3,4)5/h13-32,35-42H,33-34H2,1-12H3/i1D3,2D3. The van der Waals surface area contributed by atoms with E-state index in [1.165, 1.54) is 16.7 Å². The summed E-state index contributed by atoms with van der Waals surface area (Å²) in [5, 5.41) is 2.21. The van der Waals surface area contributed by atoms with Gasteiger partial charge >= 0.3 is 0 Å². The van der Waals surface area contributed by atoms with Crippen LogP contribution in [0.3, 0.4) is 0 Å². The molecule has 0 atom stereocenters. The number of hydrogen-bond donors (Lipinski definition) is 0. The molecule has 0 saturated heterocycles. The molecule has 0 radical (unpaired) electrons. The Balaban J connectivity index is 1.09. The lowest BCUT2D eigenvalue weighted by molar-refractivity contribution is -0.570. The number of benzene rings is 8. The van der Waals surface area contributed by atoms with Crippen molar-refractivity contribution in [2.24, 2.45) is 0 Å². The molecule has 11 aromatic rings. The number of imidazole rings is 1. The summed E-state index contributed by atoms with van der Waals surface area (Å²) in [6.07, 6.45) is 7.82. The Bertz CT molecular complexity index is 4450. The predicted molar refractivity (Wildman–Crippen MR) is 320 cm³/mol. The molecule has 2 aliphatic rings. The summed E-state index contributed by atoms with van der Waals surface area (Å²) in [6, 6.07) is 55.7. The predicted octanol–water partition coefficient (Wildman–Crippen LogP) is 18.5. The second kappa shape index (κ2) is 17.2. The van der Waals surface area contributed by atoms with E-state index in [2.05, 4.69) is 198 Å². The van der Waals surface area contributed by atoms with Crippen LogP contribution in [0, 0.1) is 20.0 Å². The van der Waals surface area contributed by atoms with Crippen molar-refractivity contribution in [1.82, 2.24) is 14.1 Å². The number of para-hydroxylation sites is 2. The molecule has 5 heteroatoms. The maximum Gasteiger partial charge on any atom is 0.269 e. The minimum Gasteiger partial charge on any atom is -0.458 e. The number of nitrogens with zero attached hydrogens (tertiary/aromatic N) is 4. The van der Waals surface area contributed by atoms with Crippen LogP contribution in [0.15, 0.2) is 170 Å². The summed E-state index contributed by atoms with van der Waals surface area (Å²) >= 11 is 0. The van der Waals surface area contributed by atoms with Gasteiger partial charge in [-0.25, -0.2) is 4.98 Å². The first-order chi connectivity index (χ1) is 39.2.